The van der Waals surface area contributed by atoms with Crippen molar-refractivity contribution < 1.29 is 9.53 Å². The van der Waals surface area contributed by atoms with Crippen LogP contribution in [0.1, 0.15) is 82.3 Å². The van der Waals surface area contributed by atoms with Crippen molar-refractivity contribution in [3.63, 3.8) is 0 Å². The molecule has 1 aromatic rings. The Morgan fingerprint density at radius 1 is 1.27 bits per heavy atom. The molecule has 2 fully saturated rings. The van der Waals surface area contributed by atoms with Gasteiger partial charge in [0.25, 0.3) is 0 Å². The summed E-state index contributed by atoms with van der Waals surface area (Å²) in [7, 11) is 1.43. The van der Waals surface area contributed by atoms with E-state index in [0.717, 1.165) is 24.6 Å². The van der Waals surface area contributed by atoms with E-state index in [4.69, 9.17) is 4.74 Å². The van der Waals surface area contributed by atoms with Crippen LogP contribution in [0.3, 0.4) is 0 Å². The zero-order chi connectivity index (χ0) is 19.3. The Balaban J connectivity index is 0.00000117. The molecule has 1 aromatic carbocycles. The first-order valence-corrected chi connectivity index (χ1v) is 10.1. The van der Waals surface area contributed by atoms with Crippen LogP contribution in [0.25, 0.3) is 0 Å². The van der Waals surface area contributed by atoms with E-state index >= 15 is 0 Å². The molecule has 1 saturated carbocycles. The monoisotopic (exact) mass is 360 g/mol. The minimum atomic E-state index is -0.275. The first kappa shape index (κ1) is 20.8. The number of hydrogen-bond acceptors (Lipinski definition) is 4. The highest BCUT2D eigenvalue weighted by molar-refractivity contribution is 5.90. The fraction of sp³-hybridized carbons (Fsp3) is 0.682. The minimum absolute atomic E-state index is 0.275. The van der Waals surface area contributed by atoms with Crippen LogP contribution in [-0.2, 0) is 4.74 Å². The van der Waals surface area contributed by atoms with Crippen molar-refractivity contribution in [2.75, 3.05) is 19.0 Å². The van der Waals surface area contributed by atoms with Gasteiger partial charge in [-0.1, -0.05) is 40.7 Å². The molecule has 2 N–H and O–H groups in total. The van der Waals surface area contributed by atoms with E-state index in [1.165, 1.54) is 31.9 Å². The Hall–Kier alpha value is -1.55. The van der Waals surface area contributed by atoms with Crippen molar-refractivity contribution in [3.8, 4) is 0 Å². The average molecular weight is 361 g/mol. The predicted octanol–water partition coefficient (Wildman–Crippen LogP) is 5.16. The lowest BCUT2D eigenvalue weighted by atomic mass is 9.68. The van der Waals surface area contributed by atoms with E-state index in [-0.39, 0.29) is 5.97 Å². The fourth-order valence-corrected chi connectivity index (χ4v) is 4.17. The van der Waals surface area contributed by atoms with E-state index in [0.29, 0.717) is 23.1 Å². The molecule has 1 aliphatic heterocycles. The number of anilines is 1. The molecule has 0 spiro atoms. The van der Waals surface area contributed by atoms with Crippen LogP contribution >= 0.6 is 0 Å². The molecule has 3 rings (SSSR count). The highest BCUT2D eigenvalue weighted by Gasteiger charge is 2.36. The fourth-order valence-electron chi connectivity index (χ4n) is 4.17. The van der Waals surface area contributed by atoms with Crippen LogP contribution < -0.4 is 10.6 Å². The predicted molar refractivity (Wildman–Crippen MR) is 109 cm³/mol. The zero-order valence-electron chi connectivity index (χ0n) is 17.3. The normalized spacial score (nSPS) is 24.7. The number of esters is 1. The third-order valence-corrected chi connectivity index (χ3v) is 5.47. The summed E-state index contributed by atoms with van der Waals surface area (Å²) in [5.41, 5.74) is 3.41. The van der Waals surface area contributed by atoms with Gasteiger partial charge < -0.3 is 15.4 Å². The second-order valence-corrected chi connectivity index (χ2v) is 8.34. The molecule has 0 bridgehead atoms. The van der Waals surface area contributed by atoms with Gasteiger partial charge in [0.05, 0.1) is 12.7 Å². The summed E-state index contributed by atoms with van der Waals surface area (Å²) in [6.07, 6.45) is 4.71. The number of nitrogens with one attached hydrogen (secondary N) is 2. The summed E-state index contributed by atoms with van der Waals surface area (Å²) in [4.78, 5) is 11.9. The molecule has 2 aliphatic rings. The maximum absolute atomic E-state index is 11.9. The largest absolute Gasteiger partial charge is 0.465 e. The third kappa shape index (κ3) is 5.00. The van der Waals surface area contributed by atoms with Gasteiger partial charge in [-0.25, -0.2) is 4.79 Å². The lowest BCUT2D eigenvalue weighted by Crippen LogP contribution is -2.41. The highest BCUT2D eigenvalue weighted by Crippen LogP contribution is 2.42. The van der Waals surface area contributed by atoms with E-state index in [2.05, 4.69) is 37.5 Å². The number of piperidine rings is 1. The van der Waals surface area contributed by atoms with Gasteiger partial charge >= 0.3 is 5.97 Å². The summed E-state index contributed by atoms with van der Waals surface area (Å²) in [5, 5.41) is 7.32. The SMILES string of the molecule is CC.COC(=O)c1ccc(C2CC(C)CCN2)c(NC2CC(C)(C)C2)c1. The van der Waals surface area contributed by atoms with Crippen molar-refractivity contribution in [2.24, 2.45) is 11.3 Å². The maximum Gasteiger partial charge on any atom is 0.337 e. The topological polar surface area (TPSA) is 50.4 Å². The van der Waals surface area contributed by atoms with Crippen LogP contribution in [0.4, 0.5) is 5.69 Å². The summed E-state index contributed by atoms with van der Waals surface area (Å²) in [5.74, 6) is 0.454. The van der Waals surface area contributed by atoms with Gasteiger partial charge in [-0.05, 0) is 61.3 Å². The van der Waals surface area contributed by atoms with E-state index in [1.54, 1.807) is 0 Å². The molecule has 0 aromatic heterocycles. The molecule has 4 nitrogen and oxygen atoms in total. The molecule has 1 heterocycles. The molecular formula is C22H36N2O2. The highest BCUT2D eigenvalue weighted by atomic mass is 16.5. The van der Waals surface area contributed by atoms with Gasteiger partial charge in [0, 0.05) is 17.8 Å². The quantitative estimate of drug-likeness (QED) is 0.728. The summed E-state index contributed by atoms with van der Waals surface area (Å²) < 4.78 is 4.89. The van der Waals surface area contributed by atoms with Gasteiger partial charge in [0.15, 0.2) is 0 Å². The third-order valence-electron chi connectivity index (χ3n) is 5.47. The molecule has 26 heavy (non-hydrogen) atoms. The molecule has 0 amide bonds. The van der Waals surface area contributed by atoms with Crippen LogP contribution in [0.2, 0.25) is 0 Å². The van der Waals surface area contributed by atoms with Crippen molar-refractivity contribution in [2.45, 2.75) is 72.4 Å². The standard InChI is InChI=1S/C20H30N2O2.C2H6/c1-13-7-8-21-17(9-13)16-6-5-14(19(23)24-4)10-18(16)22-15-11-20(2,3)12-15;1-2/h5-6,10,13,15,17,21-22H,7-9,11-12H2,1-4H3;1-2H3. The molecular weight excluding hydrogens is 324 g/mol. The first-order chi connectivity index (χ1) is 12.4. The van der Waals surface area contributed by atoms with Crippen molar-refractivity contribution in [1.29, 1.82) is 0 Å². The van der Waals surface area contributed by atoms with Crippen LogP contribution in [0.5, 0.6) is 0 Å². The lowest BCUT2D eigenvalue weighted by Gasteiger charge is -2.44. The Morgan fingerprint density at radius 2 is 1.96 bits per heavy atom. The van der Waals surface area contributed by atoms with Crippen molar-refractivity contribution in [3.05, 3.63) is 29.3 Å². The summed E-state index contributed by atoms with van der Waals surface area (Å²) >= 11 is 0. The van der Waals surface area contributed by atoms with Crippen molar-refractivity contribution in [1.82, 2.24) is 5.32 Å². The molecule has 2 atom stereocenters. The molecule has 146 valence electrons. The van der Waals surface area contributed by atoms with E-state index in [1.807, 2.05) is 26.0 Å². The van der Waals surface area contributed by atoms with Gasteiger partial charge in [0.2, 0.25) is 0 Å². The van der Waals surface area contributed by atoms with Crippen LogP contribution in [-0.4, -0.2) is 25.7 Å². The summed E-state index contributed by atoms with van der Waals surface area (Å²) in [6, 6.07) is 6.79. The Bertz CT molecular complexity index is 604. The van der Waals surface area contributed by atoms with Crippen LogP contribution in [0.15, 0.2) is 18.2 Å². The van der Waals surface area contributed by atoms with E-state index in [9.17, 15) is 4.79 Å². The summed E-state index contributed by atoms with van der Waals surface area (Å²) in [6.45, 7) is 12.0. The Kier molecular flexibility index (Phi) is 7.10. The second-order valence-electron chi connectivity index (χ2n) is 8.34. The van der Waals surface area contributed by atoms with Crippen LogP contribution in [0, 0.1) is 11.3 Å². The maximum atomic E-state index is 11.9. The molecule has 1 aliphatic carbocycles. The van der Waals surface area contributed by atoms with Gasteiger partial charge in [-0.3, -0.25) is 0 Å². The number of rotatable bonds is 4. The second kappa shape index (κ2) is 8.90. The molecule has 1 saturated heterocycles. The number of benzene rings is 1. The number of methoxy groups -OCH3 is 1. The number of hydrogen-bond donors (Lipinski definition) is 2. The van der Waals surface area contributed by atoms with Gasteiger partial charge in [-0.2, -0.15) is 0 Å². The Labute approximate surface area is 159 Å². The zero-order valence-corrected chi connectivity index (χ0v) is 17.3. The van der Waals surface area contributed by atoms with E-state index < -0.39 is 0 Å². The number of ether oxygens (including phenoxy) is 1. The number of carbonyl (C=O) groups excluding carboxylic acids is 1. The first-order valence-electron chi connectivity index (χ1n) is 10.1. The Morgan fingerprint density at radius 3 is 2.54 bits per heavy atom. The smallest absolute Gasteiger partial charge is 0.337 e. The minimum Gasteiger partial charge on any atom is -0.465 e. The van der Waals surface area contributed by atoms with Gasteiger partial charge in [0.1, 0.15) is 0 Å². The molecule has 2 unspecified atom stereocenters. The average Bonchev–Trinajstić information content (AvgIpc) is 2.61. The lowest BCUT2D eigenvalue weighted by molar-refractivity contribution is 0.0600. The molecule has 0 radical (unpaired) electrons. The number of carbonyl (C=O) groups is 1. The molecule has 4 heteroatoms. The van der Waals surface area contributed by atoms with Gasteiger partial charge in [-0.15, -0.1) is 0 Å². The van der Waals surface area contributed by atoms with Crippen molar-refractivity contribution >= 4 is 11.7 Å².